The minimum atomic E-state index is -3.73. The quantitative estimate of drug-likeness (QED) is 0.697. The van der Waals surface area contributed by atoms with E-state index >= 15 is 0 Å². The van der Waals surface area contributed by atoms with E-state index in [0.717, 1.165) is 6.42 Å². The Morgan fingerprint density at radius 3 is 2.63 bits per heavy atom. The number of aromatic nitrogens is 3. The molecule has 1 aliphatic heterocycles. The number of methoxy groups -OCH3 is 2. The van der Waals surface area contributed by atoms with E-state index in [0.29, 0.717) is 24.5 Å². The van der Waals surface area contributed by atoms with Gasteiger partial charge in [-0.1, -0.05) is 5.21 Å². The van der Waals surface area contributed by atoms with E-state index in [9.17, 15) is 13.2 Å². The molecule has 2 aromatic rings. The molecule has 1 aliphatic rings. The first-order valence-electron chi connectivity index (χ1n) is 9.71. The van der Waals surface area contributed by atoms with Gasteiger partial charge in [-0.15, -0.1) is 5.10 Å². The van der Waals surface area contributed by atoms with Gasteiger partial charge >= 0.3 is 0 Å². The lowest BCUT2D eigenvalue weighted by atomic mass is 10.1. The van der Waals surface area contributed by atoms with E-state index in [-0.39, 0.29) is 35.1 Å². The maximum absolute atomic E-state index is 13.2. The molecule has 0 bridgehead atoms. The van der Waals surface area contributed by atoms with Crippen LogP contribution in [0.1, 0.15) is 43.2 Å². The van der Waals surface area contributed by atoms with Crippen LogP contribution in [0.3, 0.4) is 0 Å². The number of nitrogens with zero attached hydrogens (tertiary/aromatic N) is 4. The van der Waals surface area contributed by atoms with Gasteiger partial charge in [0, 0.05) is 25.2 Å². The van der Waals surface area contributed by atoms with Gasteiger partial charge in [0.05, 0.1) is 31.4 Å². The molecule has 30 heavy (non-hydrogen) atoms. The lowest BCUT2D eigenvalue weighted by Gasteiger charge is -2.31. The van der Waals surface area contributed by atoms with Gasteiger partial charge in [-0.25, -0.2) is 13.1 Å². The average molecular weight is 438 g/mol. The third-order valence-electron chi connectivity index (χ3n) is 4.89. The molecular weight excluding hydrogens is 410 g/mol. The van der Waals surface area contributed by atoms with E-state index < -0.39 is 10.0 Å². The molecule has 11 heteroatoms. The van der Waals surface area contributed by atoms with Gasteiger partial charge in [-0.2, -0.15) is 4.31 Å². The van der Waals surface area contributed by atoms with E-state index in [1.807, 2.05) is 13.8 Å². The van der Waals surface area contributed by atoms with E-state index in [1.54, 1.807) is 16.9 Å². The van der Waals surface area contributed by atoms with Crippen LogP contribution < -0.4 is 14.8 Å². The predicted octanol–water partition coefficient (Wildman–Crippen LogP) is 1.46. The zero-order valence-electron chi connectivity index (χ0n) is 17.5. The highest BCUT2D eigenvalue weighted by atomic mass is 32.2. The highest BCUT2D eigenvalue weighted by Gasteiger charge is 2.32. The van der Waals surface area contributed by atoms with Gasteiger partial charge in [0.15, 0.2) is 17.2 Å². The molecule has 1 atom stereocenters. The molecule has 3 rings (SSSR count). The van der Waals surface area contributed by atoms with Crippen LogP contribution in [-0.2, 0) is 10.0 Å². The highest BCUT2D eigenvalue weighted by Crippen LogP contribution is 2.32. The number of hydrogen-bond donors (Lipinski definition) is 1. The number of nitrogens with one attached hydrogen (secondary N) is 1. The second-order valence-electron chi connectivity index (χ2n) is 7.39. The van der Waals surface area contributed by atoms with Crippen molar-refractivity contribution in [3.05, 3.63) is 30.1 Å². The Balaban J connectivity index is 1.79. The third kappa shape index (κ3) is 4.57. The number of carbonyl (C=O) groups is 1. The molecule has 0 spiro atoms. The predicted molar refractivity (Wildman–Crippen MR) is 109 cm³/mol. The number of rotatable bonds is 7. The van der Waals surface area contributed by atoms with Crippen LogP contribution in [0, 0.1) is 0 Å². The minimum absolute atomic E-state index is 0.0144. The molecule has 1 aromatic heterocycles. The number of hydrogen-bond acceptors (Lipinski definition) is 7. The Hall–Kier alpha value is -2.66. The molecule has 10 nitrogen and oxygen atoms in total. The summed E-state index contributed by atoms with van der Waals surface area (Å²) in [5.74, 6) is 0.508. The first-order valence-corrected chi connectivity index (χ1v) is 11.1. The van der Waals surface area contributed by atoms with Crippen LogP contribution in [0.2, 0.25) is 0 Å². The number of amides is 1. The molecular formula is C19H27N5O5S. The van der Waals surface area contributed by atoms with Crippen molar-refractivity contribution < 1.29 is 22.7 Å². The summed E-state index contributed by atoms with van der Waals surface area (Å²) in [6.07, 6.45) is 2.98. The summed E-state index contributed by atoms with van der Waals surface area (Å²) in [5, 5.41) is 10.8. The van der Waals surface area contributed by atoms with Crippen LogP contribution in [0.4, 0.5) is 0 Å². The van der Waals surface area contributed by atoms with Crippen molar-refractivity contribution in [3.63, 3.8) is 0 Å². The van der Waals surface area contributed by atoms with E-state index in [4.69, 9.17) is 9.47 Å². The molecule has 1 amide bonds. The molecule has 1 aromatic carbocycles. The van der Waals surface area contributed by atoms with Crippen molar-refractivity contribution in [3.8, 4) is 11.5 Å². The maximum Gasteiger partial charge on any atom is 0.273 e. The number of carbonyl (C=O) groups excluding carboxylic acids is 1. The molecule has 0 radical (unpaired) electrons. The summed E-state index contributed by atoms with van der Waals surface area (Å²) >= 11 is 0. The Labute approximate surface area is 176 Å². The highest BCUT2D eigenvalue weighted by molar-refractivity contribution is 7.89. The minimum Gasteiger partial charge on any atom is -0.493 e. The molecule has 0 aliphatic carbocycles. The first-order chi connectivity index (χ1) is 14.3. The average Bonchev–Trinajstić information content (AvgIpc) is 3.23. The SMILES string of the molecule is COc1ccc(S(=O)(=O)N2CCCC(n3cc(C(=O)NC(C)C)nn3)C2)cc1OC. The second-order valence-corrected chi connectivity index (χ2v) is 9.33. The number of benzene rings is 1. The number of piperidine rings is 1. The fraction of sp³-hybridized carbons (Fsp3) is 0.526. The largest absolute Gasteiger partial charge is 0.493 e. The van der Waals surface area contributed by atoms with Crippen molar-refractivity contribution >= 4 is 15.9 Å². The number of sulfonamides is 1. The van der Waals surface area contributed by atoms with Crippen molar-refractivity contribution in [1.82, 2.24) is 24.6 Å². The summed E-state index contributed by atoms with van der Waals surface area (Å²) in [7, 11) is -0.773. The first kappa shape index (κ1) is 22.0. The van der Waals surface area contributed by atoms with Crippen LogP contribution in [-0.4, -0.2) is 67.0 Å². The summed E-state index contributed by atoms with van der Waals surface area (Å²) in [5.41, 5.74) is 0.212. The Kier molecular flexibility index (Phi) is 6.61. The fourth-order valence-corrected chi connectivity index (χ4v) is 4.91. The lowest BCUT2D eigenvalue weighted by molar-refractivity contribution is 0.0938. The van der Waals surface area contributed by atoms with Crippen LogP contribution in [0.25, 0.3) is 0 Å². The Morgan fingerprint density at radius 1 is 1.23 bits per heavy atom. The van der Waals surface area contributed by atoms with E-state index in [2.05, 4.69) is 15.6 Å². The zero-order chi connectivity index (χ0) is 21.9. The van der Waals surface area contributed by atoms with Gasteiger partial charge in [0.1, 0.15) is 0 Å². The Morgan fingerprint density at radius 2 is 1.97 bits per heavy atom. The normalized spacial score (nSPS) is 17.7. The third-order valence-corrected chi connectivity index (χ3v) is 6.75. The van der Waals surface area contributed by atoms with Crippen LogP contribution in [0.5, 0.6) is 11.5 Å². The lowest BCUT2D eigenvalue weighted by Crippen LogP contribution is -2.40. The van der Waals surface area contributed by atoms with E-state index in [1.165, 1.54) is 30.7 Å². The van der Waals surface area contributed by atoms with Gasteiger partial charge in [0.25, 0.3) is 5.91 Å². The standard InChI is InChI=1S/C19H27N5O5S/c1-13(2)20-19(25)16-12-24(22-21-16)14-6-5-9-23(11-14)30(26,27)15-7-8-17(28-3)18(10-15)29-4/h7-8,10,12-14H,5-6,9,11H2,1-4H3,(H,20,25). The topological polar surface area (TPSA) is 116 Å². The zero-order valence-corrected chi connectivity index (χ0v) is 18.3. The molecule has 164 valence electrons. The van der Waals surface area contributed by atoms with Crippen molar-refractivity contribution in [2.75, 3.05) is 27.3 Å². The van der Waals surface area contributed by atoms with Gasteiger partial charge < -0.3 is 14.8 Å². The van der Waals surface area contributed by atoms with Crippen molar-refractivity contribution in [2.45, 2.75) is 43.7 Å². The van der Waals surface area contributed by atoms with Crippen LogP contribution in [0.15, 0.2) is 29.3 Å². The summed E-state index contributed by atoms with van der Waals surface area (Å²) in [4.78, 5) is 12.3. The molecule has 1 fully saturated rings. The second kappa shape index (κ2) is 9.00. The van der Waals surface area contributed by atoms with Gasteiger partial charge in [-0.3, -0.25) is 4.79 Å². The van der Waals surface area contributed by atoms with Crippen molar-refractivity contribution in [1.29, 1.82) is 0 Å². The molecule has 1 saturated heterocycles. The smallest absolute Gasteiger partial charge is 0.273 e. The molecule has 2 heterocycles. The summed E-state index contributed by atoms with van der Waals surface area (Å²) < 4.78 is 39.8. The molecule has 1 unspecified atom stereocenters. The summed E-state index contributed by atoms with van der Waals surface area (Å²) in [6.45, 7) is 4.37. The number of ether oxygens (including phenoxy) is 2. The van der Waals surface area contributed by atoms with Crippen molar-refractivity contribution in [2.24, 2.45) is 0 Å². The fourth-order valence-electron chi connectivity index (χ4n) is 3.38. The van der Waals surface area contributed by atoms with Crippen LogP contribution >= 0.6 is 0 Å². The molecule has 0 saturated carbocycles. The van der Waals surface area contributed by atoms with Gasteiger partial charge in [0.2, 0.25) is 10.0 Å². The maximum atomic E-state index is 13.2. The van der Waals surface area contributed by atoms with Gasteiger partial charge in [-0.05, 0) is 38.8 Å². The summed E-state index contributed by atoms with van der Waals surface area (Å²) in [6, 6.07) is 4.32. The Bertz CT molecular complexity index is 1000. The monoisotopic (exact) mass is 437 g/mol. The molecule has 1 N–H and O–H groups in total.